The van der Waals surface area contributed by atoms with Crippen LogP contribution in [0.2, 0.25) is 10.0 Å². The number of carbonyl (C=O) groups excluding carboxylic acids is 1. The van der Waals surface area contributed by atoms with Crippen LogP contribution in [0.1, 0.15) is 25.3 Å². The average Bonchev–Trinajstić information content (AvgIpc) is 2.33. The van der Waals surface area contributed by atoms with Gasteiger partial charge in [-0.15, -0.1) is 0 Å². The van der Waals surface area contributed by atoms with Crippen molar-refractivity contribution in [2.24, 2.45) is 5.92 Å². The molecule has 0 saturated carbocycles. The third kappa shape index (κ3) is 3.47. The largest absolute Gasteiger partial charge is 0.300 e. The molecule has 4 heteroatoms. The van der Waals surface area contributed by atoms with Crippen molar-refractivity contribution in [2.45, 2.75) is 26.3 Å². The second kappa shape index (κ2) is 6.05. The molecular weight excluding hydrogens is 269 g/mol. The van der Waals surface area contributed by atoms with Crippen molar-refractivity contribution in [3.8, 4) is 0 Å². The van der Waals surface area contributed by atoms with Crippen molar-refractivity contribution in [1.29, 1.82) is 0 Å². The van der Waals surface area contributed by atoms with E-state index in [1.165, 1.54) is 0 Å². The summed E-state index contributed by atoms with van der Waals surface area (Å²) in [6, 6.07) is 5.62. The molecule has 0 bridgehead atoms. The van der Waals surface area contributed by atoms with Crippen LogP contribution >= 0.6 is 23.2 Å². The maximum Gasteiger partial charge on any atom is 0.133 e. The maximum atomic E-state index is 11.3. The maximum absolute atomic E-state index is 11.3. The minimum atomic E-state index is 0.252. The number of hydrogen-bond donors (Lipinski definition) is 0. The fraction of sp³-hybridized carbons (Fsp3) is 0.500. The highest BCUT2D eigenvalue weighted by atomic mass is 35.5. The number of rotatable bonds is 3. The van der Waals surface area contributed by atoms with Crippen LogP contribution in [0.25, 0.3) is 0 Å². The van der Waals surface area contributed by atoms with Gasteiger partial charge in [-0.2, -0.15) is 0 Å². The van der Waals surface area contributed by atoms with E-state index in [4.69, 9.17) is 23.2 Å². The van der Waals surface area contributed by atoms with Crippen molar-refractivity contribution in [3.05, 3.63) is 33.8 Å². The van der Waals surface area contributed by atoms with Gasteiger partial charge in [-0.05, 0) is 50.6 Å². The lowest BCUT2D eigenvalue weighted by Gasteiger charge is -2.31. The van der Waals surface area contributed by atoms with Crippen molar-refractivity contribution in [2.75, 3.05) is 13.1 Å². The van der Waals surface area contributed by atoms with Gasteiger partial charge in [0.2, 0.25) is 0 Å². The Bertz CT molecular complexity index is 439. The van der Waals surface area contributed by atoms with Crippen molar-refractivity contribution >= 4 is 29.0 Å². The van der Waals surface area contributed by atoms with Crippen LogP contribution in [-0.4, -0.2) is 23.8 Å². The molecule has 0 aliphatic carbocycles. The molecule has 0 aromatic heterocycles. The highest BCUT2D eigenvalue weighted by molar-refractivity contribution is 6.35. The van der Waals surface area contributed by atoms with Crippen LogP contribution in [0.15, 0.2) is 18.2 Å². The molecule has 0 spiro atoms. The minimum absolute atomic E-state index is 0.252. The number of likely N-dealkylation sites (tertiary alicyclic amines) is 1. The first kappa shape index (κ1) is 13.9. The predicted octanol–water partition coefficient (Wildman–Crippen LogP) is 3.79. The average molecular weight is 286 g/mol. The van der Waals surface area contributed by atoms with E-state index in [9.17, 15) is 4.79 Å². The summed E-state index contributed by atoms with van der Waals surface area (Å²) in [5.41, 5.74) is 1.10. The van der Waals surface area contributed by atoms with Gasteiger partial charge in [0.1, 0.15) is 5.78 Å². The molecule has 0 unspecified atom stereocenters. The van der Waals surface area contributed by atoms with Gasteiger partial charge in [0.25, 0.3) is 0 Å². The molecule has 0 N–H and O–H groups in total. The van der Waals surface area contributed by atoms with E-state index in [1.807, 2.05) is 12.1 Å². The summed E-state index contributed by atoms with van der Waals surface area (Å²) in [6.07, 6.45) is 1.92. The first-order chi connectivity index (χ1) is 8.56. The molecule has 18 heavy (non-hydrogen) atoms. The van der Waals surface area contributed by atoms with Crippen LogP contribution in [0.3, 0.4) is 0 Å². The number of ketones is 1. The van der Waals surface area contributed by atoms with Crippen LogP contribution in [-0.2, 0) is 11.3 Å². The SMILES string of the molecule is CC(=O)C1CCN(Cc2ccc(Cl)cc2Cl)CC1. The zero-order valence-electron chi connectivity index (χ0n) is 10.5. The molecule has 0 radical (unpaired) electrons. The zero-order valence-corrected chi connectivity index (χ0v) is 12.0. The summed E-state index contributed by atoms with van der Waals surface area (Å²) >= 11 is 12.0. The van der Waals surface area contributed by atoms with Crippen LogP contribution in [0.4, 0.5) is 0 Å². The zero-order chi connectivity index (χ0) is 13.1. The predicted molar refractivity (Wildman–Crippen MR) is 75.1 cm³/mol. The molecule has 1 fully saturated rings. The molecule has 1 aromatic carbocycles. The molecule has 0 amide bonds. The Morgan fingerprint density at radius 2 is 2.00 bits per heavy atom. The summed E-state index contributed by atoms with van der Waals surface area (Å²) in [7, 11) is 0. The quantitative estimate of drug-likeness (QED) is 0.842. The van der Waals surface area contributed by atoms with Gasteiger partial charge in [0, 0.05) is 22.5 Å². The van der Waals surface area contributed by atoms with Gasteiger partial charge in [0.05, 0.1) is 0 Å². The first-order valence-electron chi connectivity index (χ1n) is 6.23. The Balaban J connectivity index is 1.93. The minimum Gasteiger partial charge on any atom is -0.300 e. The Kier molecular flexibility index (Phi) is 4.66. The molecule has 2 nitrogen and oxygen atoms in total. The fourth-order valence-electron chi connectivity index (χ4n) is 2.39. The number of halogens is 2. The van der Waals surface area contributed by atoms with E-state index in [2.05, 4.69) is 4.90 Å². The number of nitrogens with zero attached hydrogens (tertiary/aromatic N) is 1. The lowest BCUT2D eigenvalue weighted by molar-refractivity contribution is -0.122. The van der Waals surface area contributed by atoms with E-state index >= 15 is 0 Å². The standard InChI is InChI=1S/C14H17Cl2NO/c1-10(18)11-4-6-17(7-5-11)9-12-2-3-13(15)8-14(12)16/h2-3,8,11H,4-7,9H2,1H3. The normalized spacial score (nSPS) is 17.9. The molecular formula is C14H17Cl2NO. The molecule has 1 saturated heterocycles. The van der Waals surface area contributed by atoms with Crippen molar-refractivity contribution in [1.82, 2.24) is 4.90 Å². The van der Waals surface area contributed by atoms with E-state index < -0.39 is 0 Å². The van der Waals surface area contributed by atoms with Gasteiger partial charge in [-0.1, -0.05) is 29.3 Å². The molecule has 1 heterocycles. The third-order valence-corrected chi connectivity index (χ3v) is 4.16. The number of carbonyl (C=O) groups is 1. The van der Waals surface area contributed by atoms with Crippen molar-refractivity contribution < 1.29 is 4.79 Å². The lowest BCUT2D eigenvalue weighted by atomic mass is 9.93. The monoisotopic (exact) mass is 285 g/mol. The van der Waals surface area contributed by atoms with Crippen LogP contribution < -0.4 is 0 Å². The highest BCUT2D eigenvalue weighted by Gasteiger charge is 2.22. The number of Topliss-reactive ketones (excluding diaryl/α,β-unsaturated/α-hetero) is 1. The second-order valence-electron chi connectivity index (χ2n) is 4.90. The number of hydrogen-bond acceptors (Lipinski definition) is 2. The van der Waals surface area contributed by atoms with Gasteiger partial charge in [-0.3, -0.25) is 9.69 Å². The van der Waals surface area contributed by atoms with E-state index in [0.29, 0.717) is 10.8 Å². The molecule has 1 aliphatic rings. The lowest BCUT2D eigenvalue weighted by Crippen LogP contribution is -2.35. The third-order valence-electron chi connectivity index (χ3n) is 3.57. The fourth-order valence-corrected chi connectivity index (χ4v) is 2.86. The Hall–Kier alpha value is -0.570. The first-order valence-corrected chi connectivity index (χ1v) is 6.98. The van der Waals surface area contributed by atoms with Gasteiger partial charge >= 0.3 is 0 Å². The second-order valence-corrected chi connectivity index (χ2v) is 5.74. The van der Waals surface area contributed by atoms with Gasteiger partial charge < -0.3 is 0 Å². The van der Waals surface area contributed by atoms with Crippen LogP contribution in [0.5, 0.6) is 0 Å². The summed E-state index contributed by atoms with van der Waals surface area (Å²) in [5, 5.41) is 1.38. The topological polar surface area (TPSA) is 20.3 Å². The number of benzene rings is 1. The molecule has 0 atom stereocenters. The Morgan fingerprint density at radius 3 is 2.56 bits per heavy atom. The summed E-state index contributed by atoms with van der Waals surface area (Å²) in [5.74, 6) is 0.570. The van der Waals surface area contributed by atoms with Crippen molar-refractivity contribution in [3.63, 3.8) is 0 Å². The molecule has 98 valence electrons. The highest BCUT2D eigenvalue weighted by Crippen LogP contribution is 2.25. The van der Waals surface area contributed by atoms with E-state index in [-0.39, 0.29) is 5.92 Å². The number of piperidine rings is 1. The smallest absolute Gasteiger partial charge is 0.133 e. The molecule has 1 aliphatic heterocycles. The molecule has 2 rings (SSSR count). The molecule has 1 aromatic rings. The van der Waals surface area contributed by atoms with Gasteiger partial charge in [-0.25, -0.2) is 0 Å². The summed E-state index contributed by atoms with van der Waals surface area (Å²) < 4.78 is 0. The Labute approximate surface area is 118 Å². The summed E-state index contributed by atoms with van der Waals surface area (Å²) in [4.78, 5) is 13.6. The van der Waals surface area contributed by atoms with E-state index in [1.54, 1.807) is 13.0 Å². The Morgan fingerprint density at radius 1 is 1.33 bits per heavy atom. The van der Waals surface area contributed by atoms with E-state index in [0.717, 1.165) is 43.1 Å². The van der Waals surface area contributed by atoms with Crippen LogP contribution in [0, 0.1) is 5.92 Å². The van der Waals surface area contributed by atoms with Gasteiger partial charge in [0.15, 0.2) is 0 Å². The summed E-state index contributed by atoms with van der Waals surface area (Å²) in [6.45, 7) is 4.45.